The van der Waals surface area contributed by atoms with Gasteiger partial charge in [0.2, 0.25) is 0 Å². The summed E-state index contributed by atoms with van der Waals surface area (Å²) in [5.41, 5.74) is 1.77. The van der Waals surface area contributed by atoms with Gasteiger partial charge in [0.25, 0.3) is 0 Å². The third kappa shape index (κ3) is 6.46. The molecule has 24 heavy (non-hydrogen) atoms. The molecule has 0 saturated carbocycles. The molecule has 2 rings (SSSR count). The van der Waals surface area contributed by atoms with Crippen LogP contribution in [0, 0.1) is 5.82 Å². The average Bonchev–Trinajstić information content (AvgIpc) is 2.94. The number of nitrogens with zero attached hydrogens (tertiary/aromatic N) is 3. The molecule has 0 aliphatic rings. The number of rotatable bonds is 4. The second kappa shape index (κ2) is 9.00. The van der Waals surface area contributed by atoms with Crippen LogP contribution in [-0.4, -0.2) is 34.9 Å². The molecule has 0 aliphatic carbocycles. The third-order valence-electron chi connectivity index (χ3n) is 3.13. The number of halogens is 2. The molecular weight excluding hydrogens is 420 g/mol. The molecule has 0 fully saturated rings. The third-order valence-corrected chi connectivity index (χ3v) is 3.13. The predicted octanol–water partition coefficient (Wildman–Crippen LogP) is 3.14. The number of nitrogens with one attached hydrogen (secondary N) is 2. The molecule has 0 aliphatic heterocycles. The van der Waals surface area contributed by atoms with E-state index in [4.69, 9.17) is 0 Å². The molecule has 1 aromatic carbocycles. The van der Waals surface area contributed by atoms with E-state index in [9.17, 15) is 4.39 Å². The van der Waals surface area contributed by atoms with Gasteiger partial charge >= 0.3 is 0 Å². The molecule has 0 saturated heterocycles. The Balaban J connectivity index is 0.00000288. The van der Waals surface area contributed by atoms with Gasteiger partial charge in [0.15, 0.2) is 5.96 Å². The molecule has 0 radical (unpaired) electrons. The van der Waals surface area contributed by atoms with Crippen molar-refractivity contribution in [1.29, 1.82) is 0 Å². The summed E-state index contributed by atoms with van der Waals surface area (Å²) < 4.78 is 14.7. The second-order valence-electron chi connectivity index (χ2n) is 6.35. The Hall–Kier alpha value is -1.64. The number of guanidine groups is 1. The molecule has 0 spiro atoms. The van der Waals surface area contributed by atoms with Crippen LogP contribution in [0.15, 0.2) is 41.5 Å². The lowest BCUT2D eigenvalue weighted by atomic mass is 10.1. The summed E-state index contributed by atoms with van der Waals surface area (Å²) >= 11 is 0. The van der Waals surface area contributed by atoms with Gasteiger partial charge in [0.05, 0.1) is 11.4 Å². The number of hydrogen-bond acceptors (Lipinski definition) is 2. The van der Waals surface area contributed by atoms with Gasteiger partial charge in [0.1, 0.15) is 5.82 Å². The van der Waals surface area contributed by atoms with Crippen LogP contribution in [-0.2, 0) is 6.42 Å². The summed E-state index contributed by atoms with van der Waals surface area (Å²) in [6.45, 7) is 6.99. The van der Waals surface area contributed by atoms with E-state index in [1.165, 1.54) is 12.1 Å². The van der Waals surface area contributed by atoms with Gasteiger partial charge in [-0.05, 0) is 51.1 Å². The highest BCUT2D eigenvalue weighted by molar-refractivity contribution is 14.0. The van der Waals surface area contributed by atoms with Crippen LogP contribution in [0.1, 0.15) is 26.5 Å². The summed E-state index contributed by atoms with van der Waals surface area (Å²) in [7, 11) is 1.75. The van der Waals surface area contributed by atoms with Crippen LogP contribution in [0.5, 0.6) is 0 Å². The number of aromatic nitrogens is 2. The van der Waals surface area contributed by atoms with Gasteiger partial charge < -0.3 is 10.6 Å². The molecule has 0 bridgehead atoms. The Kier molecular flexibility index (Phi) is 7.65. The van der Waals surface area contributed by atoms with Crippen molar-refractivity contribution >= 4 is 29.9 Å². The fourth-order valence-corrected chi connectivity index (χ4v) is 2.08. The standard InChI is InChI=1S/C17H24FN5.HI/c1-17(2,3)21-16(19-4)20-11-9-14-10-12-23(22-14)15-7-5-13(18)6-8-15;/h5-8,10,12H,9,11H2,1-4H3,(H2,19,20,21);1H. The maximum absolute atomic E-state index is 12.9. The van der Waals surface area contributed by atoms with E-state index < -0.39 is 0 Å². The van der Waals surface area contributed by atoms with Crippen molar-refractivity contribution in [3.8, 4) is 5.69 Å². The van der Waals surface area contributed by atoms with Crippen molar-refractivity contribution in [1.82, 2.24) is 20.4 Å². The summed E-state index contributed by atoms with van der Waals surface area (Å²) in [5, 5.41) is 11.1. The lowest BCUT2D eigenvalue weighted by Gasteiger charge is -2.23. The SMILES string of the molecule is CN=C(NCCc1ccn(-c2ccc(F)cc2)n1)NC(C)(C)C.I. The smallest absolute Gasteiger partial charge is 0.191 e. The molecule has 2 N–H and O–H groups in total. The van der Waals surface area contributed by atoms with Gasteiger partial charge in [-0.3, -0.25) is 4.99 Å². The minimum absolute atomic E-state index is 0. The summed E-state index contributed by atoms with van der Waals surface area (Å²) in [4.78, 5) is 4.20. The molecule has 5 nitrogen and oxygen atoms in total. The zero-order valence-electron chi connectivity index (χ0n) is 14.5. The Bertz CT molecular complexity index is 658. The van der Waals surface area contributed by atoms with Crippen molar-refractivity contribution in [3.63, 3.8) is 0 Å². The number of aliphatic imine (C=N–C) groups is 1. The van der Waals surface area contributed by atoms with Gasteiger partial charge in [-0.2, -0.15) is 5.10 Å². The van der Waals surface area contributed by atoms with E-state index in [1.807, 2.05) is 12.3 Å². The lowest BCUT2D eigenvalue weighted by Crippen LogP contribution is -2.48. The zero-order chi connectivity index (χ0) is 16.9. The van der Waals surface area contributed by atoms with Crippen LogP contribution in [0.2, 0.25) is 0 Å². The van der Waals surface area contributed by atoms with Crippen LogP contribution in [0.25, 0.3) is 5.69 Å². The lowest BCUT2D eigenvalue weighted by molar-refractivity contribution is 0.501. The molecule has 0 unspecified atom stereocenters. The van der Waals surface area contributed by atoms with Crippen molar-refractivity contribution in [2.75, 3.05) is 13.6 Å². The van der Waals surface area contributed by atoms with Gasteiger partial charge in [-0.25, -0.2) is 9.07 Å². The van der Waals surface area contributed by atoms with Crippen LogP contribution in [0.4, 0.5) is 4.39 Å². The Morgan fingerprint density at radius 2 is 1.88 bits per heavy atom. The first-order chi connectivity index (χ1) is 10.9. The first-order valence-corrected chi connectivity index (χ1v) is 7.67. The molecule has 0 atom stereocenters. The number of hydrogen-bond donors (Lipinski definition) is 2. The van der Waals surface area contributed by atoms with E-state index in [0.717, 1.165) is 30.3 Å². The summed E-state index contributed by atoms with van der Waals surface area (Å²) in [6, 6.07) is 8.24. The van der Waals surface area contributed by atoms with Crippen molar-refractivity contribution in [2.24, 2.45) is 4.99 Å². The monoisotopic (exact) mass is 445 g/mol. The summed E-state index contributed by atoms with van der Waals surface area (Å²) in [5.74, 6) is 0.526. The highest BCUT2D eigenvalue weighted by atomic mass is 127. The van der Waals surface area contributed by atoms with Crippen LogP contribution < -0.4 is 10.6 Å². The molecule has 1 heterocycles. The zero-order valence-corrected chi connectivity index (χ0v) is 16.8. The molecule has 132 valence electrons. The first-order valence-electron chi connectivity index (χ1n) is 7.67. The van der Waals surface area contributed by atoms with Gasteiger partial charge in [0, 0.05) is 31.7 Å². The molecule has 1 aromatic heterocycles. The maximum atomic E-state index is 12.9. The number of benzene rings is 1. The second-order valence-corrected chi connectivity index (χ2v) is 6.35. The van der Waals surface area contributed by atoms with E-state index >= 15 is 0 Å². The average molecular weight is 445 g/mol. The van der Waals surface area contributed by atoms with Gasteiger partial charge in [-0.15, -0.1) is 24.0 Å². The van der Waals surface area contributed by atoms with E-state index in [1.54, 1.807) is 23.9 Å². The predicted molar refractivity (Wildman–Crippen MR) is 107 cm³/mol. The fourth-order valence-electron chi connectivity index (χ4n) is 2.08. The molecule has 2 aromatic rings. The molecule has 7 heteroatoms. The fraction of sp³-hybridized carbons (Fsp3) is 0.412. The van der Waals surface area contributed by atoms with Crippen molar-refractivity contribution < 1.29 is 4.39 Å². The van der Waals surface area contributed by atoms with Crippen molar-refractivity contribution in [3.05, 3.63) is 48.0 Å². The first kappa shape index (κ1) is 20.4. The van der Waals surface area contributed by atoms with Gasteiger partial charge in [-0.1, -0.05) is 0 Å². The molecular formula is C17H25FIN5. The quantitative estimate of drug-likeness (QED) is 0.432. The largest absolute Gasteiger partial charge is 0.356 e. The summed E-state index contributed by atoms with van der Waals surface area (Å²) in [6.07, 6.45) is 2.66. The maximum Gasteiger partial charge on any atom is 0.191 e. The topological polar surface area (TPSA) is 54.2 Å². The Morgan fingerprint density at radius 3 is 2.46 bits per heavy atom. The highest BCUT2D eigenvalue weighted by Crippen LogP contribution is 2.09. The van der Waals surface area contributed by atoms with Crippen LogP contribution >= 0.6 is 24.0 Å². The normalized spacial score (nSPS) is 11.8. The van der Waals surface area contributed by atoms with Crippen LogP contribution in [0.3, 0.4) is 0 Å². The molecule has 0 amide bonds. The minimum atomic E-state index is -0.247. The van der Waals surface area contributed by atoms with E-state index in [2.05, 4.69) is 41.5 Å². The van der Waals surface area contributed by atoms with E-state index in [0.29, 0.717) is 0 Å². The Labute approximate surface area is 159 Å². The van der Waals surface area contributed by atoms with Crippen molar-refractivity contribution in [2.45, 2.75) is 32.7 Å². The Morgan fingerprint density at radius 1 is 1.21 bits per heavy atom. The van der Waals surface area contributed by atoms with E-state index in [-0.39, 0.29) is 35.3 Å². The minimum Gasteiger partial charge on any atom is -0.356 e. The highest BCUT2D eigenvalue weighted by Gasteiger charge is 2.11.